The molecule has 1 aliphatic heterocycles. The smallest absolute Gasteiger partial charge is 0.258 e. The van der Waals surface area contributed by atoms with Crippen molar-refractivity contribution < 1.29 is 9.32 Å². The minimum atomic E-state index is 0.0593. The van der Waals surface area contributed by atoms with Crippen LogP contribution in [0.3, 0.4) is 0 Å². The fourth-order valence-corrected chi connectivity index (χ4v) is 3.83. The molecule has 3 aromatic rings. The van der Waals surface area contributed by atoms with Crippen LogP contribution in [0.25, 0.3) is 11.1 Å². The predicted molar refractivity (Wildman–Crippen MR) is 97.9 cm³/mol. The Bertz CT molecular complexity index is 936. The molecule has 0 unspecified atom stereocenters. The lowest BCUT2D eigenvalue weighted by atomic mass is 10.0. The second kappa shape index (κ2) is 6.86. The van der Waals surface area contributed by atoms with Crippen LogP contribution in [-0.2, 0) is 6.42 Å². The molecule has 26 heavy (non-hydrogen) atoms. The number of nitrogens with zero attached hydrogens (tertiary/aromatic N) is 4. The van der Waals surface area contributed by atoms with Gasteiger partial charge < -0.3 is 9.42 Å². The van der Waals surface area contributed by atoms with E-state index in [0.29, 0.717) is 17.0 Å². The van der Waals surface area contributed by atoms with E-state index in [1.165, 1.54) is 5.56 Å². The molecule has 4 rings (SSSR count). The molecule has 0 bridgehead atoms. The van der Waals surface area contributed by atoms with Gasteiger partial charge in [-0.2, -0.15) is 0 Å². The van der Waals surface area contributed by atoms with E-state index in [1.54, 1.807) is 0 Å². The van der Waals surface area contributed by atoms with Crippen molar-refractivity contribution >= 4 is 17.0 Å². The highest BCUT2D eigenvalue weighted by molar-refractivity contribution is 6.06. The first kappa shape index (κ1) is 16.7. The van der Waals surface area contributed by atoms with Crippen LogP contribution in [0, 0.1) is 13.8 Å². The molecule has 1 aliphatic rings. The minimum Gasteiger partial charge on any atom is -0.336 e. The number of carbonyl (C=O) groups is 1. The third-order valence-corrected chi connectivity index (χ3v) is 5.13. The highest BCUT2D eigenvalue weighted by Crippen LogP contribution is 2.28. The molecule has 1 amide bonds. The third-order valence-electron chi connectivity index (χ3n) is 5.13. The van der Waals surface area contributed by atoms with E-state index in [0.717, 1.165) is 43.3 Å². The monoisotopic (exact) mass is 350 g/mol. The van der Waals surface area contributed by atoms with E-state index < -0.39 is 0 Å². The topological polar surface area (TPSA) is 72.1 Å². The second-order valence-electron chi connectivity index (χ2n) is 6.95. The molecule has 1 saturated heterocycles. The molecule has 3 aromatic heterocycles. The van der Waals surface area contributed by atoms with Gasteiger partial charge in [0.15, 0.2) is 0 Å². The van der Waals surface area contributed by atoms with Gasteiger partial charge in [-0.05, 0) is 63.3 Å². The first-order chi connectivity index (χ1) is 12.6. The summed E-state index contributed by atoms with van der Waals surface area (Å²) < 4.78 is 5.28. The molecule has 1 fully saturated rings. The minimum absolute atomic E-state index is 0.0593. The molecule has 0 saturated carbocycles. The molecule has 0 radical (unpaired) electrons. The molecule has 0 spiro atoms. The maximum atomic E-state index is 13.3. The predicted octanol–water partition coefficient (Wildman–Crippen LogP) is 3.47. The summed E-state index contributed by atoms with van der Waals surface area (Å²) in [5.74, 6) is 0.0593. The zero-order valence-electron chi connectivity index (χ0n) is 15.1. The van der Waals surface area contributed by atoms with E-state index >= 15 is 0 Å². The fourth-order valence-electron chi connectivity index (χ4n) is 3.83. The van der Waals surface area contributed by atoms with Crippen molar-refractivity contribution in [3.05, 3.63) is 53.1 Å². The van der Waals surface area contributed by atoms with Gasteiger partial charge in [0.1, 0.15) is 0 Å². The average Bonchev–Trinajstić information content (AvgIpc) is 3.26. The fraction of sp³-hybridized carbons (Fsp3) is 0.400. The summed E-state index contributed by atoms with van der Waals surface area (Å²) in [4.78, 5) is 23.7. The Hall–Kier alpha value is -2.76. The van der Waals surface area contributed by atoms with E-state index in [9.17, 15) is 4.79 Å². The van der Waals surface area contributed by atoms with E-state index in [-0.39, 0.29) is 11.9 Å². The molecular weight excluding hydrogens is 328 g/mol. The van der Waals surface area contributed by atoms with Crippen LogP contribution in [-0.4, -0.2) is 38.5 Å². The third kappa shape index (κ3) is 3.07. The average molecular weight is 350 g/mol. The Morgan fingerprint density at radius 1 is 1.31 bits per heavy atom. The summed E-state index contributed by atoms with van der Waals surface area (Å²) in [6.07, 6.45) is 7.64. The number of aromatic nitrogens is 3. The van der Waals surface area contributed by atoms with Gasteiger partial charge in [-0.15, -0.1) is 0 Å². The first-order valence-corrected chi connectivity index (χ1v) is 9.07. The van der Waals surface area contributed by atoms with Crippen molar-refractivity contribution in [3.8, 4) is 0 Å². The van der Waals surface area contributed by atoms with Crippen molar-refractivity contribution in [2.45, 2.75) is 45.6 Å². The van der Waals surface area contributed by atoms with Crippen LogP contribution < -0.4 is 0 Å². The lowest BCUT2D eigenvalue weighted by Gasteiger charge is -2.25. The molecular formula is C20H22N4O2. The van der Waals surface area contributed by atoms with E-state index in [4.69, 9.17) is 4.52 Å². The summed E-state index contributed by atoms with van der Waals surface area (Å²) >= 11 is 0. The largest absolute Gasteiger partial charge is 0.336 e. The Balaban J connectivity index is 1.58. The first-order valence-electron chi connectivity index (χ1n) is 9.07. The Kier molecular flexibility index (Phi) is 4.41. The van der Waals surface area contributed by atoms with Gasteiger partial charge in [0.05, 0.1) is 16.6 Å². The lowest BCUT2D eigenvalue weighted by molar-refractivity contribution is 0.0732. The number of rotatable bonds is 4. The van der Waals surface area contributed by atoms with Gasteiger partial charge in [-0.1, -0.05) is 5.16 Å². The highest BCUT2D eigenvalue weighted by atomic mass is 16.5. The van der Waals surface area contributed by atoms with Crippen molar-refractivity contribution in [2.75, 3.05) is 6.54 Å². The molecule has 0 aromatic carbocycles. The molecule has 6 nitrogen and oxygen atoms in total. The Morgan fingerprint density at radius 2 is 2.12 bits per heavy atom. The van der Waals surface area contributed by atoms with Crippen LogP contribution in [0.4, 0.5) is 0 Å². The van der Waals surface area contributed by atoms with Crippen molar-refractivity contribution in [2.24, 2.45) is 0 Å². The van der Waals surface area contributed by atoms with Gasteiger partial charge in [0.25, 0.3) is 11.6 Å². The van der Waals surface area contributed by atoms with Gasteiger partial charge in [0, 0.05) is 30.7 Å². The van der Waals surface area contributed by atoms with E-state index in [2.05, 4.69) is 15.1 Å². The number of likely N-dealkylation sites (tertiary alicyclic amines) is 1. The lowest BCUT2D eigenvalue weighted by Crippen LogP contribution is -2.36. The summed E-state index contributed by atoms with van der Waals surface area (Å²) in [7, 11) is 0. The van der Waals surface area contributed by atoms with Crippen LogP contribution in [0.5, 0.6) is 0 Å². The number of hydrogen-bond donors (Lipinski definition) is 0. The number of hydrogen-bond acceptors (Lipinski definition) is 5. The molecule has 1 atom stereocenters. The molecule has 0 N–H and O–H groups in total. The van der Waals surface area contributed by atoms with Gasteiger partial charge in [-0.3, -0.25) is 9.78 Å². The summed E-state index contributed by atoms with van der Waals surface area (Å²) in [6, 6.07) is 6.20. The number of amides is 1. The standard InChI is InChI=1S/C20H22N4O2/c1-13-12-17(18-14(2)23-26-19(18)22-13)20(25)24-11-3-4-16(24)6-5-15-7-9-21-10-8-15/h7-10,12,16H,3-6,11H2,1-2H3/t16-/m0/s1. The Morgan fingerprint density at radius 3 is 2.92 bits per heavy atom. The highest BCUT2D eigenvalue weighted by Gasteiger charge is 2.31. The zero-order chi connectivity index (χ0) is 18.1. The number of pyridine rings is 2. The van der Waals surface area contributed by atoms with E-state index in [1.807, 2.05) is 49.3 Å². The van der Waals surface area contributed by atoms with Crippen LogP contribution in [0.1, 0.15) is 46.6 Å². The van der Waals surface area contributed by atoms with Crippen molar-refractivity contribution in [3.63, 3.8) is 0 Å². The van der Waals surface area contributed by atoms with Crippen LogP contribution in [0.15, 0.2) is 35.1 Å². The molecule has 0 aliphatic carbocycles. The molecule has 6 heteroatoms. The maximum absolute atomic E-state index is 13.3. The SMILES string of the molecule is Cc1cc(C(=O)N2CCC[C@H]2CCc2ccncc2)c2c(C)noc2n1. The quantitative estimate of drug-likeness (QED) is 0.720. The molecule has 4 heterocycles. The number of carbonyl (C=O) groups excluding carboxylic acids is 1. The zero-order valence-corrected chi connectivity index (χ0v) is 15.1. The summed E-state index contributed by atoms with van der Waals surface area (Å²) in [5, 5.41) is 4.72. The number of aryl methyl sites for hydroxylation is 3. The second-order valence-corrected chi connectivity index (χ2v) is 6.95. The maximum Gasteiger partial charge on any atom is 0.258 e. The Labute approximate surface area is 152 Å². The van der Waals surface area contributed by atoms with Crippen molar-refractivity contribution in [1.82, 2.24) is 20.0 Å². The molecule has 134 valence electrons. The van der Waals surface area contributed by atoms with Gasteiger partial charge in [-0.25, -0.2) is 4.98 Å². The van der Waals surface area contributed by atoms with Gasteiger partial charge in [0.2, 0.25) is 0 Å². The summed E-state index contributed by atoms with van der Waals surface area (Å²) in [5.41, 5.74) is 3.84. The normalized spacial score (nSPS) is 17.2. The van der Waals surface area contributed by atoms with Gasteiger partial charge >= 0.3 is 0 Å². The summed E-state index contributed by atoms with van der Waals surface area (Å²) in [6.45, 7) is 4.52. The van der Waals surface area contributed by atoms with Crippen LogP contribution in [0.2, 0.25) is 0 Å². The number of fused-ring (bicyclic) bond motifs is 1. The van der Waals surface area contributed by atoms with Crippen LogP contribution >= 0.6 is 0 Å². The van der Waals surface area contributed by atoms with Crippen molar-refractivity contribution in [1.29, 1.82) is 0 Å².